The normalized spacial score (nSPS) is 16.3. The van der Waals surface area contributed by atoms with Crippen molar-refractivity contribution in [2.75, 3.05) is 5.32 Å². The van der Waals surface area contributed by atoms with Crippen LogP contribution in [0.1, 0.15) is 46.0 Å². The van der Waals surface area contributed by atoms with Crippen LogP contribution in [-0.2, 0) is 0 Å². The van der Waals surface area contributed by atoms with Crippen molar-refractivity contribution < 1.29 is 4.74 Å². The zero-order valence-electron chi connectivity index (χ0n) is 12.9. The number of benzene rings is 1. The average Bonchev–Trinajstić information content (AvgIpc) is 2.48. The fourth-order valence-electron chi connectivity index (χ4n) is 3.00. The zero-order chi connectivity index (χ0) is 14.7. The number of hydrogen-bond acceptors (Lipinski definition) is 3. The predicted octanol–water partition coefficient (Wildman–Crippen LogP) is 4.77. The topological polar surface area (TPSA) is 34.2 Å². The van der Waals surface area contributed by atoms with Gasteiger partial charge in [0.25, 0.3) is 0 Å². The molecule has 1 N–H and O–H groups in total. The summed E-state index contributed by atoms with van der Waals surface area (Å²) in [5.41, 5.74) is 1.12. The van der Waals surface area contributed by atoms with E-state index >= 15 is 0 Å². The number of nitrogens with one attached hydrogen (secondary N) is 1. The van der Waals surface area contributed by atoms with Gasteiger partial charge in [-0.2, -0.15) is 0 Å². The van der Waals surface area contributed by atoms with Crippen molar-refractivity contribution in [3.63, 3.8) is 0 Å². The lowest BCUT2D eigenvalue weighted by atomic mass is 9.98. The molecule has 1 aromatic carbocycles. The summed E-state index contributed by atoms with van der Waals surface area (Å²) in [5.74, 6) is 0.784. The number of anilines is 1. The lowest BCUT2D eigenvalue weighted by molar-refractivity contribution is 0.151. The van der Waals surface area contributed by atoms with Gasteiger partial charge in [0.1, 0.15) is 6.10 Å². The first-order valence-corrected chi connectivity index (χ1v) is 8.04. The van der Waals surface area contributed by atoms with Crippen molar-refractivity contribution in [1.29, 1.82) is 0 Å². The van der Waals surface area contributed by atoms with E-state index in [0.717, 1.165) is 29.8 Å². The number of ether oxygens (including phenoxy) is 1. The van der Waals surface area contributed by atoms with Crippen LogP contribution >= 0.6 is 0 Å². The first-order chi connectivity index (χ1) is 10.2. The molecule has 0 amide bonds. The molecule has 1 fully saturated rings. The molecular formula is C18H24N2O. The maximum absolute atomic E-state index is 6.19. The molecule has 3 heteroatoms. The van der Waals surface area contributed by atoms with Gasteiger partial charge in [-0.3, -0.25) is 0 Å². The van der Waals surface area contributed by atoms with Gasteiger partial charge in [0.15, 0.2) is 0 Å². The maximum Gasteiger partial charge on any atom is 0.221 e. The molecule has 0 radical (unpaired) electrons. The maximum atomic E-state index is 6.19. The van der Waals surface area contributed by atoms with E-state index in [0.29, 0.717) is 12.1 Å². The summed E-state index contributed by atoms with van der Waals surface area (Å²) >= 11 is 0. The monoisotopic (exact) mass is 284 g/mol. The fourth-order valence-corrected chi connectivity index (χ4v) is 3.00. The van der Waals surface area contributed by atoms with Gasteiger partial charge in [-0.25, -0.2) is 4.98 Å². The summed E-state index contributed by atoms with van der Waals surface area (Å²) in [4.78, 5) is 4.47. The minimum Gasteiger partial charge on any atom is -0.474 e. The summed E-state index contributed by atoms with van der Waals surface area (Å²) in [6, 6.07) is 8.87. The molecule has 0 atom stereocenters. The van der Waals surface area contributed by atoms with Gasteiger partial charge in [0.05, 0.1) is 0 Å². The van der Waals surface area contributed by atoms with Crippen molar-refractivity contribution >= 4 is 16.5 Å². The highest BCUT2D eigenvalue weighted by Crippen LogP contribution is 2.29. The van der Waals surface area contributed by atoms with E-state index in [4.69, 9.17) is 4.74 Å². The van der Waals surface area contributed by atoms with Gasteiger partial charge in [0.2, 0.25) is 5.88 Å². The Kier molecular flexibility index (Phi) is 4.28. The van der Waals surface area contributed by atoms with Crippen LogP contribution in [0.4, 0.5) is 5.69 Å². The molecule has 1 aliphatic carbocycles. The van der Waals surface area contributed by atoms with E-state index in [2.05, 4.69) is 42.3 Å². The van der Waals surface area contributed by atoms with Gasteiger partial charge >= 0.3 is 0 Å². The smallest absolute Gasteiger partial charge is 0.221 e. The minimum absolute atomic E-state index is 0.332. The molecule has 3 nitrogen and oxygen atoms in total. The van der Waals surface area contributed by atoms with E-state index in [-0.39, 0.29) is 0 Å². The molecule has 3 rings (SSSR count). The number of aromatic nitrogens is 1. The average molecular weight is 284 g/mol. The highest BCUT2D eigenvalue weighted by atomic mass is 16.5. The van der Waals surface area contributed by atoms with Crippen LogP contribution in [0.3, 0.4) is 0 Å². The van der Waals surface area contributed by atoms with Gasteiger partial charge in [-0.05, 0) is 63.1 Å². The third-order valence-corrected chi connectivity index (χ3v) is 4.02. The molecule has 1 aliphatic rings. The predicted molar refractivity (Wildman–Crippen MR) is 88.0 cm³/mol. The van der Waals surface area contributed by atoms with Crippen LogP contribution < -0.4 is 10.1 Å². The summed E-state index contributed by atoms with van der Waals surface area (Å²) in [5, 5.41) is 5.73. The van der Waals surface area contributed by atoms with Crippen LogP contribution in [0.15, 0.2) is 30.5 Å². The van der Waals surface area contributed by atoms with Crippen LogP contribution in [0.2, 0.25) is 0 Å². The molecule has 0 aliphatic heterocycles. The van der Waals surface area contributed by atoms with Gasteiger partial charge in [-0.1, -0.05) is 12.5 Å². The highest BCUT2D eigenvalue weighted by molar-refractivity contribution is 5.89. The first-order valence-electron chi connectivity index (χ1n) is 8.04. The Bertz CT molecular complexity index is 603. The Balaban J connectivity index is 1.89. The van der Waals surface area contributed by atoms with Crippen molar-refractivity contribution in [2.24, 2.45) is 0 Å². The van der Waals surface area contributed by atoms with Crippen molar-refractivity contribution in [3.8, 4) is 5.88 Å². The molecule has 0 saturated heterocycles. The highest BCUT2D eigenvalue weighted by Gasteiger charge is 2.16. The first kappa shape index (κ1) is 14.2. The van der Waals surface area contributed by atoms with Crippen LogP contribution in [0.25, 0.3) is 10.8 Å². The van der Waals surface area contributed by atoms with Gasteiger partial charge < -0.3 is 10.1 Å². The zero-order valence-corrected chi connectivity index (χ0v) is 12.9. The largest absolute Gasteiger partial charge is 0.474 e. The Morgan fingerprint density at radius 2 is 1.95 bits per heavy atom. The summed E-state index contributed by atoms with van der Waals surface area (Å²) in [6.45, 7) is 4.29. The summed E-state index contributed by atoms with van der Waals surface area (Å²) in [6.07, 6.45) is 8.37. The molecule has 1 saturated carbocycles. The molecule has 0 bridgehead atoms. The van der Waals surface area contributed by atoms with Gasteiger partial charge in [-0.15, -0.1) is 0 Å². The lowest BCUT2D eigenvalue weighted by Crippen LogP contribution is -2.20. The van der Waals surface area contributed by atoms with E-state index in [9.17, 15) is 0 Å². The molecular weight excluding hydrogens is 260 g/mol. The summed E-state index contributed by atoms with van der Waals surface area (Å²) in [7, 11) is 0. The number of hydrogen-bond donors (Lipinski definition) is 1. The molecule has 2 aromatic rings. The second-order valence-electron chi connectivity index (χ2n) is 6.23. The van der Waals surface area contributed by atoms with Gasteiger partial charge in [0, 0.05) is 23.3 Å². The number of rotatable bonds is 4. The third kappa shape index (κ3) is 3.46. The summed E-state index contributed by atoms with van der Waals surface area (Å²) < 4.78 is 6.19. The van der Waals surface area contributed by atoms with E-state index in [1.165, 1.54) is 24.6 Å². The van der Waals surface area contributed by atoms with Crippen molar-refractivity contribution in [1.82, 2.24) is 4.98 Å². The van der Waals surface area contributed by atoms with E-state index in [1.807, 2.05) is 12.3 Å². The molecule has 0 unspecified atom stereocenters. The second kappa shape index (κ2) is 6.33. The Labute approximate surface area is 126 Å². The van der Waals surface area contributed by atoms with E-state index < -0.39 is 0 Å². The number of pyridine rings is 1. The quantitative estimate of drug-likeness (QED) is 0.878. The molecule has 1 aromatic heterocycles. The second-order valence-corrected chi connectivity index (χ2v) is 6.23. The van der Waals surface area contributed by atoms with Crippen LogP contribution in [0, 0.1) is 0 Å². The lowest BCUT2D eigenvalue weighted by Gasteiger charge is -2.23. The Hall–Kier alpha value is -1.77. The van der Waals surface area contributed by atoms with Crippen LogP contribution in [0.5, 0.6) is 5.88 Å². The SMILES string of the molecule is CC(C)Nc1ccc2ccnc(OC3CCCCC3)c2c1. The Morgan fingerprint density at radius 1 is 1.14 bits per heavy atom. The minimum atomic E-state index is 0.332. The molecule has 1 heterocycles. The number of nitrogens with zero attached hydrogens (tertiary/aromatic N) is 1. The van der Waals surface area contributed by atoms with Crippen LogP contribution in [-0.4, -0.2) is 17.1 Å². The van der Waals surface area contributed by atoms with E-state index in [1.54, 1.807) is 0 Å². The van der Waals surface area contributed by atoms with Crippen molar-refractivity contribution in [2.45, 2.75) is 58.1 Å². The number of fused-ring (bicyclic) bond motifs is 1. The molecule has 21 heavy (non-hydrogen) atoms. The third-order valence-electron chi connectivity index (χ3n) is 4.02. The fraction of sp³-hybridized carbons (Fsp3) is 0.500. The van der Waals surface area contributed by atoms with Crippen molar-refractivity contribution in [3.05, 3.63) is 30.5 Å². The molecule has 112 valence electrons. The Morgan fingerprint density at radius 3 is 2.71 bits per heavy atom. The standard InChI is InChI=1S/C18H24N2O/c1-13(2)20-15-9-8-14-10-11-19-18(17(14)12-15)21-16-6-4-3-5-7-16/h8-13,16,20H,3-7H2,1-2H3. The molecule has 0 spiro atoms.